The number of thiocarbonyl (C=S) groups is 1. The second-order valence-corrected chi connectivity index (χ2v) is 4.73. The van der Waals surface area contributed by atoms with Crippen LogP contribution < -0.4 is 5.73 Å². The Balaban J connectivity index is 2.73. The summed E-state index contributed by atoms with van der Waals surface area (Å²) in [5.41, 5.74) is 6.32. The molecule has 3 nitrogen and oxygen atoms in total. The van der Waals surface area contributed by atoms with Gasteiger partial charge in [0.2, 0.25) is 5.91 Å². The number of halogens is 1. The zero-order chi connectivity index (χ0) is 13.0. The SMILES string of the molecule is CC(C(N)=S)N(C)C(=O)Cc1ccccc1Cl. The molecule has 0 fully saturated rings. The van der Waals surface area contributed by atoms with E-state index < -0.39 is 0 Å². The van der Waals surface area contributed by atoms with Crippen LogP contribution in [0, 0.1) is 0 Å². The minimum absolute atomic E-state index is 0.0570. The lowest BCUT2D eigenvalue weighted by atomic mass is 10.1. The van der Waals surface area contributed by atoms with Gasteiger partial charge in [0.05, 0.1) is 17.5 Å². The molecular weight excluding hydrogens is 256 g/mol. The molecule has 0 bridgehead atoms. The second-order valence-electron chi connectivity index (χ2n) is 3.85. The van der Waals surface area contributed by atoms with Crippen molar-refractivity contribution in [2.75, 3.05) is 7.05 Å². The Labute approximate surface area is 112 Å². The van der Waals surface area contributed by atoms with Crippen molar-refractivity contribution in [3.63, 3.8) is 0 Å². The maximum Gasteiger partial charge on any atom is 0.227 e. The number of rotatable bonds is 4. The number of nitrogens with two attached hydrogens (primary N) is 1. The van der Waals surface area contributed by atoms with Crippen LogP contribution in [0.1, 0.15) is 12.5 Å². The molecule has 5 heteroatoms. The molecule has 0 aliphatic carbocycles. The third-order valence-corrected chi connectivity index (χ3v) is 3.40. The van der Waals surface area contributed by atoms with E-state index in [1.807, 2.05) is 18.2 Å². The van der Waals surface area contributed by atoms with Gasteiger partial charge in [-0.1, -0.05) is 42.0 Å². The van der Waals surface area contributed by atoms with Crippen molar-refractivity contribution in [2.45, 2.75) is 19.4 Å². The van der Waals surface area contributed by atoms with Crippen LogP contribution in [0.15, 0.2) is 24.3 Å². The summed E-state index contributed by atoms with van der Waals surface area (Å²) in [6.07, 6.45) is 0.253. The Kier molecular flexibility index (Phi) is 4.90. The minimum atomic E-state index is -0.250. The average Bonchev–Trinajstić information content (AvgIpc) is 2.30. The predicted molar refractivity (Wildman–Crippen MR) is 74.2 cm³/mol. The van der Waals surface area contributed by atoms with Crippen molar-refractivity contribution in [3.8, 4) is 0 Å². The normalized spacial score (nSPS) is 11.9. The highest BCUT2D eigenvalue weighted by molar-refractivity contribution is 7.80. The maximum atomic E-state index is 12.0. The van der Waals surface area contributed by atoms with Crippen LogP contribution in [0.4, 0.5) is 0 Å². The van der Waals surface area contributed by atoms with E-state index in [0.717, 1.165) is 5.56 Å². The number of amides is 1. The van der Waals surface area contributed by atoms with Gasteiger partial charge in [-0.25, -0.2) is 0 Å². The fraction of sp³-hybridized carbons (Fsp3) is 0.333. The smallest absolute Gasteiger partial charge is 0.227 e. The quantitative estimate of drug-likeness (QED) is 0.852. The summed E-state index contributed by atoms with van der Waals surface area (Å²) in [6.45, 7) is 1.80. The van der Waals surface area contributed by atoms with Gasteiger partial charge in [-0.05, 0) is 18.6 Å². The van der Waals surface area contributed by atoms with Crippen LogP contribution in [0.3, 0.4) is 0 Å². The van der Waals surface area contributed by atoms with Gasteiger partial charge in [-0.15, -0.1) is 0 Å². The van der Waals surface area contributed by atoms with Gasteiger partial charge in [0.25, 0.3) is 0 Å². The highest BCUT2D eigenvalue weighted by Crippen LogP contribution is 2.16. The van der Waals surface area contributed by atoms with Crippen LogP contribution in [-0.4, -0.2) is 28.9 Å². The van der Waals surface area contributed by atoms with Crippen molar-refractivity contribution in [2.24, 2.45) is 5.73 Å². The molecule has 1 unspecified atom stereocenters. The lowest BCUT2D eigenvalue weighted by Crippen LogP contribution is -2.43. The van der Waals surface area contributed by atoms with Crippen LogP contribution in [-0.2, 0) is 11.2 Å². The summed E-state index contributed by atoms with van der Waals surface area (Å²) in [5, 5.41) is 0.595. The van der Waals surface area contributed by atoms with Crippen LogP contribution >= 0.6 is 23.8 Å². The first-order chi connectivity index (χ1) is 7.93. The predicted octanol–water partition coefficient (Wildman–Crippen LogP) is 2.02. The molecule has 0 aliphatic rings. The summed E-state index contributed by atoms with van der Waals surface area (Å²) in [5.74, 6) is -0.0570. The van der Waals surface area contributed by atoms with E-state index in [4.69, 9.17) is 29.6 Å². The molecular formula is C12H15ClN2OS. The molecule has 0 heterocycles. The van der Waals surface area contributed by atoms with Crippen LogP contribution in [0.2, 0.25) is 5.02 Å². The summed E-state index contributed by atoms with van der Waals surface area (Å²) < 4.78 is 0. The molecule has 1 atom stereocenters. The Morgan fingerprint density at radius 1 is 1.53 bits per heavy atom. The van der Waals surface area contributed by atoms with Crippen molar-refractivity contribution in [1.29, 1.82) is 0 Å². The third kappa shape index (κ3) is 3.68. The van der Waals surface area contributed by atoms with E-state index in [0.29, 0.717) is 10.0 Å². The monoisotopic (exact) mass is 270 g/mol. The summed E-state index contributed by atoms with van der Waals surface area (Å²) >= 11 is 10.9. The maximum absolute atomic E-state index is 12.0. The number of hydrogen-bond donors (Lipinski definition) is 1. The molecule has 92 valence electrons. The number of hydrogen-bond acceptors (Lipinski definition) is 2. The van der Waals surface area contributed by atoms with Gasteiger partial charge in [0.15, 0.2) is 0 Å². The third-order valence-electron chi connectivity index (χ3n) is 2.69. The molecule has 17 heavy (non-hydrogen) atoms. The summed E-state index contributed by atoms with van der Waals surface area (Å²) in [6, 6.07) is 7.03. The van der Waals surface area contributed by atoms with E-state index >= 15 is 0 Å². The fourth-order valence-corrected chi connectivity index (χ4v) is 1.70. The zero-order valence-electron chi connectivity index (χ0n) is 9.81. The number of nitrogens with zero attached hydrogens (tertiary/aromatic N) is 1. The molecule has 1 rings (SSSR count). The minimum Gasteiger partial charge on any atom is -0.392 e. The zero-order valence-corrected chi connectivity index (χ0v) is 11.4. The molecule has 1 amide bonds. The van der Waals surface area contributed by atoms with Crippen LogP contribution in [0.5, 0.6) is 0 Å². The largest absolute Gasteiger partial charge is 0.392 e. The molecule has 0 aliphatic heterocycles. The number of carbonyl (C=O) groups excluding carboxylic acids is 1. The summed E-state index contributed by atoms with van der Waals surface area (Å²) in [7, 11) is 1.68. The number of likely N-dealkylation sites (N-methyl/N-ethyl adjacent to an activating group) is 1. The van der Waals surface area contributed by atoms with Crippen molar-refractivity contribution >= 4 is 34.7 Å². The number of benzene rings is 1. The van der Waals surface area contributed by atoms with Crippen molar-refractivity contribution in [1.82, 2.24) is 4.90 Å². The van der Waals surface area contributed by atoms with Gasteiger partial charge in [0, 0.05) is 12.1 Å². The van der Waals surface area contributed by atoms with Gasteiger partial charge < -0.3 is 10.6 Å². The van der Waals surface area contributed by atoms with E-state index in [1.165, 1.54) is 4.90 Å². The fourth-order valence-electron chi connectivity index (χ4n) is 1.34. The standard InChI is InChI=1S/C12H15ClN2OS/c1-8(12(14)17)15(2)11(16)7-9-5-3-4-6-10(9)13/h3-6,8H,7H2,1-2H3,(H2,14,17). The van der Waals surface area contributed by atoms with Crippen molar-refractivity contribution in [3.05, 3.63) is 34.9 Å². The molecule has 0 saturated carbocycles. The molecule has 0 radical (unpaired) electrons. The van der Waals surface area contributed by atoms with Gasteiger partial charge in [-0.3, -0.25) is 4.79 Å². The van der Waals surface area contributed by atoms with Gasteiger partial charge in [0.1, 0.15) is 0 Å². The Morgan fingerprint density at radius 2 is 2.12 bits per heavy atom. The van der Waals surface area contributed by atoms with E-state index in [9.17, 15) is 4.79 Å². The summed E-state index contributed by atoms with van der Waals surface area (Å²) in [4.78, 5) is 13.8. The lowest BCUT2D eigenvalue weighted by molar-refractivity contribution is -0.129. The molecule has 1 aromatic carbocycles. The van der Waals surface area contributed by atoms with E-state index in [-0.39, 0.29) is 18.4 Å². The van der Waals surface area contributed by atoms with E-state index in [1.54, 1.807) is 20.0 Å². The number of carbonyl (C=O) groups is 1. The van der Waals surface area contributed by atoms with Crippen molar-refractivity contribution < 1.29 is 4.79 Å². The highest BCUT2D eigenvalue weighted by atomic mass is 35.5. The first-order valence-electron chi connectivity index (χ1n) is 5.22. The Morgan fingerprint density at radius 3 is 2.65 bits per heavy atom. The molecule has 0 spiro atoms. The van der Waals surface area contributed by atoms with Gasteiger partial charge >= 0.3 is 0 Å². The van der Waals surface area contributed by atoms with Gasteiger partial charge in [-0.2, -0.15) is 0 Å². The van der Waals surface area contributed by atoms with Crippen LogP contribution in [0.25, 0.3) is 0 Å². The molecule has 0 aromatic heterocycles. The molecule has 0 saturated heterocycles. The first kappa shape index (κ1) is 13.9. The topological polar surface area (TPSA) is 46.3 Å². The Bertz CT molecular complexity index is 436. The Hall–Kier alpha value is -1.13. The molecule has 2 N–H and O–H groups in total. The first-order valence-corrected chi connectivity index (χ1v) is 6.00. The second kappa shape index (κ2) is 5.98. The highest BCUT2D eigenvalue weighted by Gasteiger charge is 2.18. The lowest BCUT2D eigenvalue weighted by Gasteiger charge is -2.24. The average molecular weight is 271 g/mol. The molecule has 1 aromatic rings. The van der Waals surface area contributed by atoms with E-state index in [2.05, 4.69) is 0 Å².